The van der Waals surface area contributed by atoms with Crippen molar-refractivity contribution in [2.24, 2.45) is 11.0 Å². The van der Waals surface area contributed by atoms with Crippen molar-refractivity contribution in [2.45, 2.75) is 19.4 Å². The molecule has 0 saturated heterocycles. The molecule has 3 N–H and O–H groups in total. The van der Waals surface area contributed by atoms with E-state index in [1.165, 1.54) is 6.08 Å². The van der Waals surface area contributed by atoms with Gasteiger partial charge in [-0.3, -0.25) is 25.4 Å². The molecule has 2 unspecified atom stereocenters. The van der Waals surface area contributed by atoms with E-state index in [1.807, 2.05) is 31.2 Å². The highest BCUT2D eigenvalue weighted by Crippen LogP contribution is 2.35. The van der Waals surface area contributed by atoms with Crippen molar-refractivity contribution in [1.82, 2.24) is 4.48 Å². The van der Waals surface area contributed by atoms with E-state index in [0.29, 0.717) is 22.3 Å². The monoisotopic (exact) mass is 396 g/mol. The molecule has 2 atom stereocenters. The molecular formula is C21H26N5O3+. The van der Waals surface area contributed by atoms with Gasteiger partial charge in [0, 0.05) is 16.4 Å². The lowest BCUT2D eigenvalue weighted by molar-refractivity contribution is -0.508. The van der Waals surface area contributed by atoms with Crippen molar-refractivity contribution >= 4 is 33.6 Å². The molecule has 0 aromatic heterocycles. The number of nitrogens with zero attached hydrogens (tertiary/aromatic N) is 3. The Bertz CT molecular complexity index is 1040. The summed E-state index contributed by atoms with van der Waals surface area (Å²) in [6.07, 6.45) is 3.52. The maximum atomic E-state index is 11.4. The SMILES string of the molecule is CCC1C(=NNc2c(O)ccc3ccc([N+](C)(C)C)cc23)C=CC(=N)C1[N+](=O)[O-]. The number of allylic oxidation sites excluding steroid dienone is 1. The fraction of sp³-hybridized carbons (Fsp3) is 0.333. The lowest BCUT2D eigenvalue weighted by Crippen LogP contribution is -2.42. The van der Waals surface area contributed by atoms with E-state index in [-0.39, 0.29) is 11.5 Å². The van der Waals surface area contributed by atoms with Gasteiger partial charge in [0.1, 0.15) is 22.8 Å². The van der Waals surface area contributed by atoms with E-state index < -0.39 is 16.9 Å². The molecule has 3 rings (SSSR count). The van der Waals surface area contributed by atoms with Crippen molar-refractivity contribution in [3.63, 3.8) is 0 Å². The first-order chi connectivity index (χ1) is 13.6. The van der Waals surface area contributed by atoms with Crippen LogP contribution in [0.3, 0.4) is 0 Å². The van der Waals surface area contributed by atoms with Gasteiger partial charge in [-0.05, 0) is 42.2 Å². The van der Waals surface area contributed by atoms with Crippen molar-refractivity contribution in [2.75, 3.05) is 26.6 Å². The second kappa shape index (κ2) is 7.63. The van der Waals surface area contributed by atoms with Crippen LogP contribution in [-0.2, 0) is 0 Å². The van der Waals surface area contributed by atoms with Crippen LogP contribution in [0, 0.1) is 21.4 Å². The second-order valence-electron chi connectivity index (χ2n) is 8.06. The molecule has 0 saturated carbocycles. The lowest BCUT2D eigenvalue weighted by Gasteiger charge is -2.24. The van der Waals surface area contributed by atoms with Crippen LogP contribution in [0.15, 0.2) is 47.6 Å². The number of nitrogens with one attached hydrogen (secondary N) is 2. The Labute approximate surface area is 169 Å². The van der Waals surface area contributed by atoms with Gasteiger partial charge in [-0.25, -0.2) is 0 Å². The third-order valence-electron chi connectivity index (χ3n) is 5.23. The predicted octanol–water partition coefficient (Wildman–Crippen LogP) is 3.77. The van der Waals surface area contributed by atoms with Crippen molar-refractivity contribution in [1.29, 1.82) is 5.41 Å². The van der Waals surface area contributed by atoms with Gasteiger partial charge in [0.05, 0.1) is 32.8 Å². The first kappa shape index (κ1) is 20.5. The number of anilines is 1. The number of phenols is 1. The first-order valence-electron chi connectivity index (χ1n) is 9.44. The second-order valence-corrected chi connectivity index (χ2v) is 8.06. The Balaban J connectivity index is 2.05. The number of benzene rings is 2. The fourth-order valence-corrected chi connectivity index (χ4v) is 3.54. The molecule has 1 aliphatic rings. The lowest BCUT2D eigenvalue weighted by atomic mass is 9.84. The number of fused-ring (bicyclic) bond motifs is 1. The van der Waals surface area contributed by atoms with Gasteiger partial charge in [0.15, 0.2) is 0 Å². The quantitative estimate of drug-likeness (QED) is 0.309. The molecule has 0 radical (unpaired) electrons. The summed E-state index contributed by atoms with van der Waals surface area (Å²) in [4.78, 5) is 11.0. The normalized spacial score (nSPS) is 21.0. The minimum Gasteiger partial charge on any atom is -0.506 e. The third-order valence-corrected chi connectivity index (χ3v) is 5.23. The van der Waals surface area contributed by atoms with Crippen molar-refractivity contribution in [3.8, 4) is 5.75 Å². The molecule has 0 spiro atoms. The number of hydrazone groups is 1. The van der Waals surface area contributed by atoms with Crippen LogP contribution in [0.25, 0.3) is 10.8 Å². The van der Waals surface area contributed by atoms with Gasteiger partial charge >= 0.3 is 0 Å². The van der Waals surface area contributed by atoms with Gasteiger partial charge in [-0.15, -0.1) is 0 Å². The Morgan fingerprint density at radius 1 is 1.24 bits per heavy atom. The molecule has 29 heavy (non-hydrogen) atoms. The van der Waals surface area contributed by atoms with Crippen LogP contribution < -0.4 is 9.91 Å². The van der Waals surface area contributed by atoms with Gasteiger partial charge < -0.3 is 5.11 Å². The average molecular weight is 396 g/mol. The number of nitro groups is 1. The summed E-state index contributed by atoms with van der Waals surface area (Å²) in [5, 5.41) is 35.9. The van der Waals surface area contributed by atoms with E-state index in [1.54, 1.807) is 12.1 Å². The van der Waals surface area contributed by atoms with Crippen LogP contribution >= 0.6 is 0 Å². The summed E-state index contributed by atoms with van der Waals surface area (Å²) in [7, 11) is 6.17. The molecule has 0 aliphatic heterocycles. The van der Waals surface area contributed by atoms with Gasteiger partial charge in [0.25, 0.3) is 6.04 Å². The molecule has 0 bridgehead atoms. The number of hydrogen-bond acceptors (Lipinski definition) is 6. The topological polar surface area (TPSA) is 112 Å². The average Bonchev–Trinajstić information content (AvgIpc) is 2.66. The summed E-state index contributed by atoms with van der Waals surface area (Å²) >= 11 is 0. The number of aromatic hydroxyl groups is 1. The number of quaternary nitrogens is 1. The number of rotatable bonds is 5. The van der Waals surface area contributed by atoms with Crippen molar-refractivity contribution < 1.29 is 10.0 Å². The maximum Gasteiger partial charge on any atom is 0.262 e. The minimum absolute atomic E-state index is 0.0265. The first-order valence-corrected chi connectivity index (χ1v) is 9.44. The molecule has 0 fully saturated rings. The number of hydrogen-bond donors (Lipinski definition) is 3. The van der Waals surface area contributed by atoms with Crippen LogP contribution in [0.1, 0.15) is 13.3 Å². The summed E-state index contributed by atoms with van der Waals surface area (Å²) < 4.78 is 0.618. The summed E-state index contributed by atoms with van der Waals surface area (Å²) in [5.41, 5.74) is 4.90. The van der Waals surface area contributed by atoms with E-state index in [9.17, 15) is 15.2 Å². The van der Waals surface area contributed by atoms with E-state index >= 15 is 0 Å². The zero-order valence-electron chi connectivity index (χ0n) is 17.0. The van der Waals surface area contributed by atoms with E-state index in [4.69, 9.17) is 5.41 Å². The molecule has 0 amide bonds. The molecule has 0 heterocycles. The van der Waals surface area contributed by atoms with E-state index in [0.717, 1.165) is 16.5 Å². The van der Waals surface area contributed by atoms with Gasteiger partial charge in [-0.1, -0.05) is 13.0 Å². The maximum absolute atomic E-state index is 11.4. The molecule has 2 aromatic carbocycles. The Hall–Kier alpha value is -3.26. The Morgan fingerprint density at radius 2 is 1.93 bits per heavy atom. The highest BCUT2D eigenvalue weighted by atomic mass is 16.6. The summed E-state index contributed by atoms with van der Waals surface area (Å²) in [6, 6.07) is 8.35. The van der Waals surface area contributed by atoms with Crippen LogP contribution in [0.4, 0.5) is 11.4 Å². The summed E-state index contributed by atoms with van der Waals surface area (Å²) in [5.74, 6) is -0.458. The van der Waals surface area contributed by atoms with Gasteiger partial charge in [0.2, 0.25) is 0 Å². The number of phenolic OH excluding ortho intramolecular Hbond substituents is 1. The molecule has 8 heteroatoms. The summed E-state index contributed by atoms with van der Waals surface area (Å²) in [6.45, 7) is 1.84. The largest absolute Gasteiger partial charge is 0.506 e. The zero-order chi connectivity index (χ0) is 21.3. The molecule has 152 valence electrons. The van der Waals surface area contributed by atoms with Crippen LogP contribution in [0.2, 0.25) is 0 Å². The predicted molar refractivity (Wildman–Crippen MR) is 118 cm³/mol. The van der Waals surface area contributed by atoms with Gasteiger partial charge in [-0.2, -0.15) is 5.10 Å². The zero-order valence-corrected chi connectivity index (χ0v) is 17.0. The third kappa shape index (κ3) is 3.97. The van der Waals surface area contributed by atoms with E-state index in [2.05, 4.69) is 31.7 Å². The Morgan fingerprint density at radius 3 is 2.55 bits per heavy atom. The highest BCUT2D eigenvalue weighted by molar-refractivity contribution is 6.12. The van der Waals surface area contributed by atoms with Crippen molar-refractivity contribution in [3.05, 3.63) is 52.6 Å². The molecule has 2 aromatic rings. The fourth-order valence-electron chi connectivity index (χ4n) is 3.54. The van der Waals surface area contributed by atoms with Crippen LogP contribution in [-0.4, -0.2) is 48.6 Å². The van der Waals surface area contributed by atoms with Crippen LogP contribution in [0.5, 0.6) is 5.75 Å². The molecule has 1 aliphatic carbocycles. The molecular weight excluding hydrogens is 370 g/mol. The Kier molecular flexibility index (Phi) is 5.39. The standard InChI is InChI=1S/C21H25N5O3/c1-5-15-18(10-9-17(22)21(15)25(28)29)23-24-20-16-12-14(26(2,3)4)8-6-13(16)7-11-19(20)27/h6-12,15,21H,5H2,1-4H3,(H2-,22,23,24,27)/p+1. The molecule has 8 nitrogen and oxygen atoms in total. The minimum atomic E-state index is -1.11. The smallest absolute Gasteiger partial charge is 0.262 e. The highest BCUT2D eigenvalue weighted by Gasteiger charge is 2.39.